The Balaban J connectivity index is 1.81. The van der Waals surface area contributed by atoms with Gasteiger partial charge in [-0.25, -0.2) is 0 Å². The molecule has 0 saturated heterocycles. The summed E-state index contributed by atoms with van der Waals surface area (Å²) in [7, 11) is 0. The van der Waals surface area contributed by atoms with E-state index >= 15 is 0 Å². The first-order chi connectivity index (χ1) is 9.84. The molecule has 3 heteroatoms. The summed E-state index contributed by atoms with van der Waals surface area (Å²) in [5.41, 5.74) is 3.60. The number of rotatable bonds is 2. The molecule has 2 aromatic carbocycles. The Labute approximate surface area is 116 Å². The maximum Gasteiger partial charge on any atom is 0.177 e. The number of fused-ring (bicyclic) bond motifs is 2. The SMILES string of the molecule is O=C(c1c[nH]c2ccccc12)C1C=Nc2ccccc21. The molecule has 0 saturated carbocycles. The summed E-state index contributed by atoms with van der Waals surface area (Å²) in [6.45, 7) is 0. The number of hydrogen-bond donors (Lipinski definition) is 1. The second-order valence-corrected chi connectivity index (χ2v) is 4.93. The molecule has 0 amide bonds. The number of para-hydroxylation sites is 2. The number of carbonyl (C=O) groups is 1. The number of H-pyrrole nitrogens is 1. The van der Waals surface area contributed by atoms with Crippen molar-refractivity contribution in [2.45, 2.75) is 5.92 Å². The molecular formula is C17H12N2O. The first-order valence-electron chi connectivity index (χ1n) is 6.58. The van der Waals surface area contributed by atoms with Crippen LogP contribution >= 0.6 is 0 Å². The predicted molar refractivity (Wildman–Crippen MR) is 80.0 cm³/mol. The highest BCUT2D eigenvalue weighted by Gasteiger charge is 2.27. The Morgan fingerprint density at radius 2 is 1.85 bits per heavy atom. The zero-order valence-corrected chi connectivity index (χ0v) is 10.7. The molecule has 4 rings (SSSR count). The summed E-state index contributed by atoms with van der Waals surface area (Å²) < 4.78 is 0. The van der Waals surface area contributed by atoms with Gasteiger partial charge in [0.15, 0.2) is 5.78 Å². The number of nitrogens with zero attached hydrogens (tertiary/aromatic N) is 1. The number of hydrogen-bond acceptors (Lipinski definition) is 2. The number of nitrogens with one attached hydrogen (secondary N) is 1. The van der Waals surface area contributed by atoms with Crippen LogP contribution in [0.25, 0.3) is 10.9 Å². The summed E-state index contributed by atoms with van der Waals surface area (Å²) in [5.74, 6) is -0.179. The first kappa shape index (κ1) is 11.2. The minimum absolute atomic E-state index is 0.0937. The molecule has 1 atom stereocenters. The molecule has 1 aliphatic rings. The topological polar surface area (TPSA) is 45.2 Å². The fourth-order valence-corrected chi connectivity index (χ4v) is 2.76. The minimum atomic E-state index is -0.273. The molecule has 0 aliphatic carbocycles. The molecular weight excluding hydrogens is 248 g/mol. The van der Waals surface area contributed by atoms with E-state index in [1.165, 1.54) is 0 Å². The van der Waals surface area contributed by atoms with Crippen LogP contribution in [0.4, 0.5) is 5.69 Å². The van der Waals surface area contributed by atoms with Gasteiger partial charge < -0.3 is 4.98 Å². The molecule has 0 radical (unpaired) electrons. The highest BCUT2D eigenvalue weighted by Crippen LogP contribution is 2.34. The van der Waals surface area contributed by atoms with E-state index in [4.69, 9.17) is 0 Å². The number of benzene rings is 2. The van der Waals surface area contributed by atoms with Crippen LogP contribution in [0.3, 0.4) is 0 Å². The monoisotopic (exact) mass is 260 g/mol. The molecule has 0 spiro atoms. The van der Waals surface area contributed by atoms with E-state index in [9.17, 15) is 4.79 Å². The minimum Gasteiger partial charge on any atom is -0.360 e. The maximum absolute atomic E-state index is 12.8. The van der Waals surface area contributed by atoms with Gasteiger partial charge in [-0.15, -0.1) is 0 Å². The van der Waals surface area contributed by atoms with Gasteiger partial charge in [0.1, 0.15) is 0 Å². The van der Waals surface area contributed by atoms with Crippen molar-refractivity contribution in [3.05, 3.63) is 65.9 Å². The maximum atomic E-state index is 12.8. The predicted octanol–water partition coefficient (Wildman–Crippen LogP) is 3.85. The van der Waals surface area contributed by atoms with Crippen molar-refractivity contribution in [1.82, 2.24) is 4.98 Å². The van der Waals surface area contributed by atoms with E-state index in [-0.39, 0.29) is 11.7 Å². The number of carbonyl (C=O) groups excluding carboxylic acids is 1. The van der Waals surface area contributed by atoms with Gasteiger partial charge in [-0.2, -0.15) is 0 Å². The highest BCUT2D eigenvalue weighted by atomic mass is 16.1. The van der Waals surface area contributed by atoms with Crippen LogP contribution < -0.4 is 0 Å². The van der Waals surface area contributed by atoms with Gasteiger partial charge in [0.05, 0.1) is 11.6 Å². The molecule has 96 valence electrons. The van der Waals surface area contributed by atoms with Crippen LogP contribution in [-0.4, -0.2) is 17.0 Å². The van der Waals surface area contributed by atoms with Crippen LogP contribution in [0.5, 0.6) is 0 Å². The van der Waals surface area contributed by atoms with Crippen molar-refractivity contribution in [3.63, 3.8) is 0 Å². The Kier molecular flexibility index (Phi) is 2.33. The lowest BCUT2D eigenvalue weighted by atomic mass is 9.92. The molecule has 3 aromatic rings. The largest absolute Gasteiger partial charge is 0.360 e. The fourth-order valence-electron chi connectivity index (χ4n) is 2.76. The fraction of sp³-hybridized carbons (Fsp3) is 0.0588. The molecule has 3 nitrogen and oxygen atoms in total. The van der Waals surface area contributed by atoms with Gasteiger partial charge >= 0.3 is 0 Å². The molecule has 20 heavy (non-hydrogen) atoms. The third kappa shape index (κ3) is 1.53. The zero-order valence-electron chi connectivity index (χ0n) is 10.7. The van der Waals surface area contributed by atoms with Gasteiger partial charge in [-0.1, -0.05) is 36.4 Å². The lowest BCUT2D eigenvalue weighted by Crippen LogP contribution is -2.11. The molecule has 1 aromatic heterocycles. The van der Waals surface area contributed by atoms with E-state index in [0.29, 0.717) is 0 Å². The standard InChI is InChI=1S/C17H12N2O/c20-17(13-9-18-15-7-3-1-5-11(13)15)14-10-19-16-8-4-2-6-12(14)16/h1-10,13,19H. The Bertz CT molecular complexity index is 845. The lowest BCUT2D eigenvalue weighted by Gasteiger charge is -2.07. The lowest BCUT2D eigenvalue weighted by molar-refractivity contribution is 0.0986. The number of ketones is 1. The van der Waals surface area contributed by atoms with Gasteiger partial charge in [-0.3, -0.25) is 9.79 Å². The van der Waals surface area contributed by atoms with Crippen LogP contribution in [0, 0.1) is 0 Å². The summed E-state index contributed by atoms with van der Waals surface area (Å²) in [6, 6.07) is 15.6. The Hall–Kier alpha value is -2.68. The Morgan fingerprint density at radius 3 is 2.80 bits per heavy atom. The van der Waals surface area contributed by atoms with E-state index in [1.54, 1.807) is 12.4 Å². The number of aromatic nitrogens is 1. The summed E-state index contributed by atoms with van der Waals surface area (Å²) in [5, 5.41) is 0.968. The average molecular weight is 260 g/mol. The third-order valence-electron chi connectivity index (χ3n) is 3.77. The number of aliphatic imine (C=N–C) groups is 1. The van der Waals surface area contributed by atoms with Gasteiger partial charge in [-0.05, 0) is 17.7 Å². The van der Waals surface area contributed by atoms with E-state index in [1.807, 2.05) is 48.5 Å². The van der Waals surface area contributed by atoms with Crippen molar-refractivity contribution >= 4 is 28.6 Å². The second kappa shape index (κ2) is 4.17. The van der Waals surface area contributed by atoms with Crippen molar-refractivity contribution in [2.75, 3.05) is 0 Å². The molecule has 1 N–H and O–H groups in total. The van der Waals surface area contributed by atoms with Crippen LogP contribution in [0.1, 0.15) is 21.8 Å². The summed E-state index contributed by atoms with van der Waals surface area (Å²) >= 11 is 0. The first-order valence-corrected chi connectivity index (χ1v) is 6.58. The molecule has 1 unspecified atom stereocenters. The highest BCUT2D eigenvalue weighted by molar-refractivity contribution is 6.18. The van der Waals surface area contributed by atoms with E-state index in [2.05, 4.69) is 9.98 Å². The Morgan fingerprint density at radius 1 is 1.05 bits per heavy atom. The van der Waals surface area contributed by atoms with Crippen LogP contribution in [-0.2, 0) is 0 Å². The van der Waals surface area contributed by atoms with Crippen molar-refractivity contribution in [3.8, 4) is 0 Å². The van der Waals surface area contributed by atoms with Crippen molar-refractivity contribution < 1.29 is 4.79 Å². The van der Waals surface area contributed by atoms with E-state index < -0.39 is 0 Å². The second-order valence-electron chi connectivity index (χ2n) is 4.93. The van der Waals surface area contributed by atoms with Crippen molar-refractivity contribution in [2.24, 2.45) is 4.99 Å². The summed E-state index contributed by atoms with van der Waals surface area (Å²) in [4.78, 5) is 20.3. The smallest absolute Gasteiger partial charge is 0.177 e. The normalized spacial score (nSPS) is 16.5. The van der Waals surface area contributed by atoms with Crippen LogP contribution in [0.2, 0.25) is 0 Å². The molecule has 1 aliphatic heterocycles. The van der Waals surface area contributed by atoms with E-state index in [0.717, 1.165) is 27.7 Å². The van der Waals surface area contributed by atoms with Gasteiger partial charge in [0.2, 0.25) is 0 Å². The molecule has 0 bridgehead atoms. The van der Waals surface area contributed by atoms with Gasteiger partial charge in [0, 0.05) is 28.9 Å². The van der Waals surface area contributed by atoms with Gasteiger partial charge in [0.25, 0.3) is 0 Å². The van der Waals surface area contributed by atoms with Crippen molar-refractivity contribution in [1.29, 1.82) is 0 Å². The number of aromatic amines is 1. The number of Topliss-reactive ketones (excluding diaryl/α,β-unsaturated/α-hetero) is 1. The molecule has 2 heterocycles. The van der Waals surface area contributed by atoms with Crippen LogP contribution in [0.15, 0.2) is 59.7 Å². The zero-order chi connectivity index (χ0) is 13.5. The molecule has 0 fully saturated rings. The average Bonchev–Trinajstić information content (AvgIpc) is 3.11. The third-order valence-corrected chi connectivity index (χ3v) is 3.77. The quantitative estimate of drug-likeness (QED) is 0.699. The summed E-state index contributed by atoms with van der Waals surface area (Å²) in [6.07, 6.45) is 3.54.